The lowest BCUT2D eigenvalue weighted by Gasteiger charge is -2.18. The predicted octanol–water partition coefficient (Wildman–Crippen LogP) is 2.34. The third-order valence-corrected chi connectivity index (χ3v) is 4.70. The fraction of sp³-hybridized carbons (Fsp3) is 0.250. The second-order valence-electron chi connectivity index (χ2n) is 5.30. The fourth-order valence-electron chi connectivity index (χ4n) is 2.38. The van der Waals surface area contributed by atoms with Crippen LogP contribution in [0.1, 0.15) is 5.56 Å². The minimum absolute atomic E-state index is 0.352. The normalized spacial score (nSPS) is 12.3. The minimum Gasteiger partial charge on any atom is -0.497 e. The lowest BCUT2D eigenvalue weighted by molar-refractivity contribution is 0.414. The van der Waals surface area contributed by atoms with Crippen LogP contribution in [0.4, 0.5) is 5.69 Å². The van der Waals surface area contributed by atoms with E-state index in [1.165, 1.54) is 0 Å². The van der Waals surface area contributed by atoms with Gasteiger partial charge in [0.05, 0.1) is 29.2 Å². The number of fused-ring (bicyclic) bond motifs is 1. The zero-order valence-electron chi connectivity index (χ0n) is 13.2. The number of aromatic amines is 1. The van der Waals surface area contributed by atoms with Crippen molar-refractivity contribution in [2.45, 2.75) is 10.9 Å². The van der Waals surface area contributed by atoms with Gasteiger partial charge in [0.2, 0.25) is 0 Å². The van der Waals surface area contributed by atoms with Gasteiger partial charge >= 0.3 is 0 Å². The van der Waals surface area contributed by atoms with Gasteiger partial charge in [-0.25, -0.2) is 9.97 Å². The van der Waals surface area contributed by atoms with Crippen LogP contribution in [-0.2, 0) is 16.6 Å². The van der Waals surface area contributed by atoms with Crippen LogP contribution in [-0.4, -0.2) is 40.4 Å². The van der Waals surface area contributed by atoms with E-state index >= 15 is 0 Å². The summed E-state index contributed by atoms with van der Waals surface area (Å²) < 4.78 is 18.0. The van der Waals surface area contributed by atoms with E-state index in [2.05, 4.69) is 15.0 Å². The van der Waals surface area contributed by atoms with E-state index in [9.17, 15) is 4.21 Å². The van der Waals surface area contributed by atoms with Gasteiger partial charge in [0, 0.05) is 26.0 Å². The van der Waals surface area contributed by atoms with E-state index < -0.39 is 10.8 Å². The van der Waals surface area contributed by atoms with Gasteiger partial charge < -0.3 is 14.6 Å². The van der Waals surface area contributed by atoms with Gasteiger partial charge in [-0.05, 0) is 35.9 Å². The Balaban J connectivity index is 1.92. The monoisotopic (exact) mass is 330 g/mol. The van der Waals surface area contributed by atoms with Crippen LogP contribution in [0.3, 0.4) is 0 Å². The van der Waals surface area contributed by atoms with Crippen LogP contribution in [0.25, 0.3) is 11.2 Å². The topological polar surface area (TPSA) is 71.1 Å². The SMILES string of the molecule is COc1ccc(N(C)C)c(CS(=O)c2nc3ncccc3[nH]2)c1. The van der Waals surface area contributed by atoms with Crippen LogP contribution in [0.2, 0.25) is 0 Å². The summed E-state index contributed by atoms with van der Waals surface area (Å²) in [5.74, 6) is 1.10. The Morgan fingerprint density at radius 3 is 2.83 bits per heavy atom. The van der Waals surface area contributed by atoms with Crippen molar-refractivity contribution in [3.63, 3.8) is 0 Å². The van der Waals surface area contributed by atoms with Crippen LogP contribution < -0.4 is 9.64 Å². The molecular formula is C16H18N4O2S. The minimum atomic E-state index is -1.29. The van der Waals surface area contributed by atoms with E-state index in [1.54, 1.807) is 13.3 Å². The average Bonchev–Trinajstić information content (AvgIpc) is 2.98. The number of hydrogen-bond acceptors (Lipinski definition) is 5. The number of rotatable bonds is 5. The Morgan fingerprint density at radius 1 is 1.30 bits per heavy atom. The molecule has 23 heavy (non-hydrogen) atoms. The molecule has 1 aromatic carbocycles. The van der Waals surface area contributed by atoms with Crippen molar-refractivity contribution in [1.82, 2.24) is 15.0 Å². The Bertz CT molecular complexity index is 827. The van der Waals surface area contributed by atoms with E-state index in [1.807, 2.05) is 49.3 Å². The van der Waals surface area contributed by atoms with Gasteiger partial charge in [0.15, 0.2) is 10.8 Å². The summed E-state index contributed by atoms with van der Waals surface area (Å²) in [6.07, 6.45) is 1.67. The maximum Gasteiger partial charge on any atom is 0.199 e. The highest BCUT2D eigenvalue weighted by Crippen LogP contribution is 2.26. The molecule has 120 valence electrons. The molecule has 0 saturated carbocycles. The maximum atomic E-state index is 12.7. The predicted molar refractivity (Wildman–Crippen MR) is 91.3 cm³/mol. The van der Waals surface area contributed by atoms with Gasteiger partial charge in [-0.3, -0.25) is 4.21 Å². The Morgan fingerprint density at radius 2 is 2.13 bits per heavy atom. The van der Waals surface area contributed by atoms with E-state index in [0.29, 0.717) is 16.6 Å². The number of anilines is 1. The number of pyridine rings is 1. The summed E-state index contributed by atoms with van der Waals surface area (Å²) in [6, 6.07) is 9.46. The number of imidazole rings is 1. The summed E-state index contributed by atoms with van der Waals surface area (Å²) in [5, 5.41) is 0.436. The highest BCUT2D eigenvalue weighted by molar-refractivity contribution is 7.84. The molecule has 0 bridgehead atoms. The van der Waals surface area contributed by atoms with Crippen molar-refractivity contribution in [2.75, 3.05) is 26.1 Å². The van der Waals surface area contributed by atoms with E-state index in [4.69, 9.17) is 4.74 Å². The summed E-state index contributed by atoms with van der Waals surface area (Å²) >= 11 is 0. The molecule has 1 atom stereocenters. The van der Waals surface area contributed by atoms with Crippen LogP contribution in [0.15, 0.2) is 41.7 Å². The molecule has 0 amide bonds. The molecule has 2 heterocycles. The third kappa shape index (κ3) is 3.19. The van der Waals surface area contributed by atoms with Crippen molar-refractivity contribution in [2.24, 2.45) is 0 Å². The molecule has 0 aliphatic heterocycles. The number of aromatic nitrogens is 3. The first kappa shape index (κ1) is 15.5. The number of benzene rings is 1. The van der Waals surface area contributed by atoms with Crippen molar-refractivity contribution < 1.29 is 8.95 Å². The van der Waals surface area contributed by atoms with Crippen molar-refractivity contribution >= 4 is 27.7 Å². The largest absolute Gasteiger partial charge is 0.497 e. The first-order chi connectivity index (χ1) is 11.1. The molecular weight excluding hydrogens is 312 g/mol. The lowest BCUT2D eigenvalue weighted by Crippen LogP contribution is -2.12. The van der Waals surface area contributed by atoms with Crippen LogP contribution in [0.5, 0.6) is 5.75 Å². The zero-order valence-corrected chi connectivity index (χ0v) is 14.1. The molecule has 0 aliphatic carbocycles. The second-order valence-corrected chi connectivity index (χ2v) is 6.66. The molecule has 0 saturated heterocycles. The molecule has 3 aromatic rings. The van der Waals surface area contributed by atoms with Gasteiger partial charge in [-0.1, -0.05) is 0 Å². The Labute approximate surface area is 137 Å². The fourth-order valence-corrected chi connectivity index (χ4v) is 3.44. The molecule has 2 aromatic heterocycles. The first-order valence-electron chi connectivity index (χ1n) is 7.12. The van der Waals surface area contributed by atoms with Gasteiger partial charge in [0.1, 0.15) is 5.75 Å². The van der Waals surface area contributed by atoms with Gasteiger partial charge in [-0.2, -0.15) is 0 Å². The Hall–Kier alpha value is -2.41. The molecule has 1 unspecified atom stereocenters. The molecule has 6 nitrogen and oxygen atoms in total. The molecule has 1 N–H and O–H groups in total. The van der Waals surface area contributed by atoms with E-state index in [0.717, 1.165) is 22.5 Å². The van der Waals surface area contributed by atoms with Crippen molar-refractivity contribution in [1.29, 1.82) is 0 Å². The average molecular weight is 330 g/mol. The Kier molecular flexibility index (Phi) is 4.29. The highest BCUT2D eigenvalue weighted by Gasteiger charge is 2.15. The number of nitrogens with zero attached hydrogens (tertiary/aromatic N) is 3. The van der Waals surface area contributed by atoms with Crippen LogP contribution >= 0.6 is 0 Å². The second kappa shape index (κ2) is 6.37. The van der Waals surface area contributed by atoms with Gasteiger partial charge in [0.25, 0.3) is 0 Å². The molecule has 0 fully saturated rings. The smallest absolute Gasteiger partial charge is 0.199 e. The molecule has 0 spiro atoms. The highest BCUT2D eigenvalue weighted by atomic mass is 32.2. The third-order valence-electron chi connectivity index (χ3n) is 3.51. The molecule has 7 heteroatoms. The number of hydrogen-bond donors (Lipinski definition) is 1. The number of H-pyrrole nitrogens is 1. The van der Waals surface area contributed by atoms with Crippen molar-refractivity contribution in [3.8, 4) is 5.75 Å². The lowest BCUT2D eigenvalue weighted by atomic mass is 10.2. The molecule has 0 aliphatic rings. The summed E-state index contributed by atoms with van der Waals surface area (Å²) in [4.78, 5) is 13.5. The van der Waals surface area contributed by atoms with Crippen LogP contribution in [0, 0.1) is 0 Å². The van der Waals surface area contributed by atoms with Crippen molar-refractivity contribution in [3.05, 3.63) is 42.1 Å². The molecule has 3 rings (SSSR count). The van der Waals surface area contributed by atoms with Gasteiger partial charge in [-0.15, -0.1) is 0 Å². The summed E-state index contributed by atoms with van der Waals surface area (Å²) in [7, 11) is 4.24. The summed E-state index contributed by atoms with van der Waals surface area (Å²) in [6.45, 7) is 0. The standard InChI is InChI=1S/C16H18N4O2S/c1-20(2)14-7-6-12(22-3)9-11(14)10-23(21)16-18-13-5-4-8-17-15(13)19-16/h4-9H,10H2,1-3H3,(H,17,18,19). The summed E-state index contributed by atoms with van der Waals surface area (Å²) in [5.41, 5.74) is 3.32. The van der Waals surface area contributed by atoms with E-state index in [-0.39, 0.29) is 0 Å². The molecule has 0 radical (unpaired) electrons. The number of methoxy groups -OCH3 is 1. The number of ether oxygens (including phenoxy) is 1. The quantitative estimate of drug-likeness (QED) is 0.777. The zero-order chi connectivity index (χ0) is 16.4. The maximum absolute atomic E-state index is 12.7. The first-order valence-corrected chi connectivity index (χ1v) is 8.43. The number of nitrogens with one attached hydrogen (secondary N) is 1.